The van der Waals surface area contributed by atoms with Gasteiger partial charge in [0.05, 0.1) is 46.5 Å². The number of carbonyl (C=O) groups excluding carboxylic acids is 3. The van der Waals surface area contributed by atoms with E-state index in [0.29, 0.717) is 23.6 Å². The number of thioether (sulfide) groups is 1. The Bertz CT molecular complexity index is 1200. The molecule has 3 aliphatic rings. The van der Waals surface area contributed by atoms with Crippen LogP contribution >= 0.6 is 23.4 Å². The number of fused-ring (bicyclic) bond motifs is 1. The third-order valence-corrected chi connectivity index (χ3v) is 10.1. The summed E-state index contributed by atoms with van der Waals surface area (Å²) in [5.74, 6) is -2.47. The number of nitrogens with one attached hydrogen (secondary N) is 1. The summed E-state index contributed by atoms with van der Waals surface area (Å²) in [6.07, 6.45) is 1.29. The van der Waals surface area contributed by atoms with Crippen molar-refractivity contribution in [2.24, 2.45) is 11.8 Å². The zero-order valence-corrected chi connectivity index (χ0v) is 21.7. The Morgan fingerprint density at radius 2 is 1.89 bits per heavy atom. The molecule has 1 spiro atoms. The van der Waals surface area contributed by atoms with Crippen LogP contribution in [0, 0.1) is 11.8 Å². The number of benzene rings is 2. The highest BCUT2D eigenvalue weighted by molar-refractivity contribution is 8.02. The van der Waals surface area contributed by atoms with Crippen molar-refractivity contribution in [1.29, 1.82) is 0 Å². The minimum absolute atomic E-state index is 0.216. The molecule has 0 saturated carbocycles. The summed E-state index contributed by atoms with van der Waals surface area (Å²) in [4.78, 5) is 43.0. The molecule has 9 heteroatoms. The maximum absolute atomic E-state index is 14.2. The van der Waals surface area contributed by atoms with Crippen molar-refractivity contribution in [2.45, 2.75) is 48.3 Å². The number of aliphatic hydroxyl groups excluding tert-OH is 1. The van der Waals surface area contributed by atoms with Crippen molar-refractivity contribution < 1.29 is 24.2 Å². The Kier molecular flexibility index (Phi) is 6.55. The van der Waals surface area contributed by atoms with Crippen LogP contribution in [-0.4, -0.2) is 56.5 Å². The molecule has 0 aromatic heterocycles. The van der Waals surface area contributed by atoms with Gasteiger partial charge in [0.15, 0.2) is 0 Å². The lowest BCUT2D eigenvalue weighted by atomic mass is 9.66. The number of amides is 2. The third-order valence-electron chi connectivity index (χ3n) is 7.83. The van der Waals surface area contributed by atoms with Crippen molar-refractivity contribution in [2.75, 3.05) is 18.5 Å². The molecule has 2 aromatic carbocycles. The average molecular weight is 529 g/mol. The van der Waals surface area contributed by atoms with Crippen molar-refractivity contribution in [1.82, 2.24) is 4.90 Å². The van der Waals surface area contributed by atoms with E-state index in [4.69, 9.17) is 16.3 Å². The second-order valence-corrected chi connectivity index (χ2v) is 12.1. The monoisotopic (exact) mass is 528 g/mol. The van der Waals surface area contributed by atoms with Gasteiger partial charge in [-0.25, -0.2) is 0 Å². The number of halogens is 1. The highest BCUT2D eigenvalue weighted by atomic mass is 35.5. The molecule has 0 radical (unpaired) electrons. The van der Waals surface area contributed by atoms with Crippen LogP contribution in [0.4, 0.5) is 5.69 Å². The lowest BCUT2D eigenvalue weighted by Gasteiger charge is -2.37. The van der Waals surface area contributed by atoms with Crippen LogP contribution < -0.4 is 5.32 Å². The molecule has 3 fully saturated rings. The lowest BCUT2D eigenvalue weighted by Crippen LogP contribution is -2.52. The van der Waals surface area contributed by atoms with E-state index >= 15 is 0 Å². The topological polar surface area (TPSA) is 95.9 Å². The van der Waals surface area contributed by atoms with E-state index < -0.39 is 39.4 Å². The number of esters is 1. The zero-order chi connectivity index (χ0) is 25.7. The number of carbonyl (C=O) groups is 3. The Morgan fingerprint density at radius 1 is 1.19 bits per heavy atom. The smallest absolute Gasteiger partial charge is 0.311 e. The molecule has 7 nitrogen and oxygen atoms in total. The van der Waals surface area contributed by atoms with Crippen LogP contribution in [-0.2, 0) is 19.1 Å². The van der Waals surface area contributed by atoms with Gasteiger partial charge in [-0.2, -0.15) is 0 Å². The van der Waals surface area contributed by atoms with E-state index in [2.05, 4.69) is 5.32 Å². The molecular formula is C27H29ClN2O5S. The molecule has 3 saturated heterocycles. The molecule has 2 amide bonds. The summed E-state index contributed by atoms with van der Waals surface area (Å²) in [5, 5.41) is 13.8. The first-order valence-electron chi connectivity index (χ1n) is 12.2. The van der Waals surface area contributed by atoms with Crippen LogP contribution in [0.1, 0.15) is 38.3 Å². The first-order valence-corrected chi connectivity index (χ1v) is 13.4. The van der Waals surface area contributed by atoms with Crippen LogP contribution in [0.3, 0.4) is 0 Å². The second kappa shape index (κ2) is 9.39. The molecule has 5 rings (SSSR count). The summed E-state index contributed by atoms with van der Waals surface area (Å²) < 4.78 is 4.09. The molecule has 2 unspecified atom stereocenters. The van der Waals surface area contributed by atoms with E-state index in [1.54, 1.807) is 43.0 Å². The van der Waals surface area contributed by atoms with Gasteiger partial charge in [0, 0.05) is 4.75 Å². The number of anilines is 1. The van der Waals surface area contributed by atoms with Crippen molar-refractivity contribution >= 4 is 46.8 Å². The van der Waals surface area contributed by atoms with Crippen LogP contribution in [0.2, 0.25) is 5.02 Å². The molecule has 0 aliphatic carbocycles. The van der Waals surface area contributed by atoms with Gasteiger partial charge < -0.3 is 20.1 Å². The van der Waals surface area contributed by atoms with Gasteiger partial charge in [0.25, 0.3) is 0 Å². The standard InChI is InChI=1S/C27H29ClN2O5S/c1-3-35-25(34)21-20-24(33)30(19(15-31)16-9-5-4-6-10-16)22(27(20)14-13-26(21,2)36-27)23(32)29-18-12-8-7-11-17(18)28/h4-12,19-22,31H,3,13-15H2,1-2H3,(H,29,32)/t19-,20+,21+,22?,26-,27?/m1/s1. The second-order valence-electron chi connectivity index (χ2n) is 9.80. The summed E-state index contributed by atoms with van der Waals surface area (Å²) in [6, 6.07) is 14.5. The van der Waals surface area contributed by atoms with Crippen LogP contribution in [0.15, 0.2) is 54.6 Å². The number of para-hydroxylation sites is 1. The van der Waals surface area contributed by atoms with Gasteiger partial charge in [-0.3, -0.25) is 14.4 Å². The zero-order valence-electron chi connectivity index (χ0n) is 20.1. The van der Waals surface area contributed by atoms with E-state index in [0.717, 1.165) is 5.56 Å². The SMILES string of the molecule is CCOC(=O)[C@@H]1[C@H]2C(=O)N([C@H](CO)c3ccccc3)C(C(=O)Nc3ccccc3Cl)C23CC[C@@]1(C)S3. The highest BCUT2D eigenvalue weighted by Crippen LogP contribution is 2.72. The molecule has 190 valence electrons. The highest BCUT2D eigenvalue weighted by Gasteiger charge is 2.78. The molecule has 2 N–H and O–H groups in total. The Balaban J connectivity index is 1.62. The molecule has 3 heterocycles. The third kappa shape index (κ3) is 3.73. The van der Waals surface area contributed by atoms with Crippen molar-refractivity contribution in [3.8, 4) is 0 Å². The first-order chi connectivity index (χ1) is 17.3. The maximum atomic E-state index is 14.2. The predicted octanol–water partition coefficient (Wildman–Crippen LogP) is 4.06. The number of hydrogen-bond acceptors (Lipinski definition) is 6. The number of nitrogens with zero attached hydrogens (tertiary/aromatic N) is 1. The van der Waals surface area contributed by atoms with Gasteiger partial charge in [-0.05, 0) is 44.4 Å². The number of likely N-dealkylation sites (tertiary alicyclic amines) is 1. The van der Waals surface area contributed by atoms with Gasteiger partial charge in [0.2, 0.25) is 11.8 Å². The molecule has 2 aromatic rings. The van der Waals surface area contributed by atoms with E-state index in [1.165, 1.54) is 4.90 Å². The maximum Gasteiger partial charge on any atom is 0.311 e. The molecule has 36 heavy (non-hydrogen) atoms. The minimum Gasteiger partial charge on any atom is -0.466 e. The van der Waals surface area contributed by atoms with Gasteiger partial charge in [-0.1, -0.05) is 54.1 Å². The summed E-state index contributed by atoms with van der Waals surface area (Å²) in [6.45, 7) is 3.59. The van der Waals surface area contributed by atoms with Gasteiger partial charge >= 0.3 is 5.97 Å². The van der Waals surface area contributed by atoms with E-state index in [-0.39, 0.29) is 25.0 Å². The summed E-state index contributed by atoms with van der Waals surface area (Å²) >= 11 is 7.89. The predicted molar refractivity (Wildman–Crippen MR) is 139 cm³/mol. The average Bonchev–Trinajstić information content (AvgIpc) is 3.43. The Morgan fingerprint density at radius 3 is 2.56 bits per heavy atom. The van der Waals surface area contributed by atoms with Gasteiger partial charge in [-0.15, -0.1) is 11.8 Å². The minimum atomic E-state index is -0.908. The first kappa shape index (κ1) is 25.1. The van der Waals surface area contributed by atoms with Gasteiger partial charge in [0.1, 0.15) is 6.04 Å². The largest absolute Gasteiger partial charge is 0.466 e. The quantitative estimate of drug-likeness (QED) is 0.526. The fourth-order valence-electron chi connectivity index (χ4n) is 6.38. The van der Waals surface area contributed by atoms with E-state index in [1.807, 2.05) is 37.3 Å². The van der Waals surface area contributed by atoms with Crippen LogP contribution in [0.5, 0.6) is 0 Å². The normalized spacial score (nSPS) is 31.3. The molecule has 2 bridgehead atoms. The Hall–Kier alpha value is -2.55. The molecular weight excluding hydrogens is 500 g/mol. The number of hydrogen-bond donors (Lipinski definition) is 2. The van der Waals surface area contributed by atoms with Crippen molar-refractivity contribution in [3.05, 3.63) is 65.2 Å². The summed E-state index contributed by atoms with van der Waals surface area (Å²) in [7, 11) is 0. The molecule has 3 aliphatic heterocycles. The number of rotatable bonds is 7. The van der Waals surface area contributed by atoms with Crippen LogP contribution in [0.25, 0.3) is 0 Å². The Labute approximate surface area is 219 Å². The van der Waals surface area contributed by atoms with Crippen molar-refractivity contribution in [3.63, 3.8) is 0 Å². The lowest BCUT2D eigenvalue weighted by molar-refractivity contribution is -0.155. The molecule has 6 atom stereocenters. The fourth-order valence-corrected chi connectivity index (χ4v) is 8.90. The fraction of sp³-hybridized carbons (Fsp3) is 0.444. The number of ether oxygens (including phenoxy) is 1. The summed E-state index contributed by atoms with van der Waals surface area (Å²) in [5.41, 5.74) is 1.17. The van der Waals surface area contributed by atoms with E-state index in [9.17, 15) is 19.5 Å². The number of aliphatic hydroxyl groups is 1.